The summed E-state index contributed by atoms with van der Waals surface area (Å²) in [6, 6.07) is 115. The molecule has 0 aliphatic heterocycles. The van der Waals surface area contributed by atoms with Crippen LogP contribution >= 0.6 is 0 Å². The molecule has 0 aliphatic carbocycles. The Morgan fingerprint density at radius 2 is 0.400 bits per heavy atom. The molecule has 0 unspecified atom stereocenters. The Hall–Kier alpha value is -10.5. The van der Waals surface area contributed by atoms with Crippen LogP contribution in [0, 0.1) is 0 Å². The van der Waals surface area contributed by atoms with Gasteiger partial charge in [-0.1, -0.05) is 231 Å². The standard InChI is InChI=1S/C78H52N2/c1-3-16-53(17-4-1)58-20-11-23-61(46-58)63-25-13-22-60(48-63)57-36-34-55(35-37-57)56-38-42-69(43-39-56)79-75-32-9-7-30-71(75)73-51-67(40-44-77(73)79)68-41-45-78-74(52-68)72-31-8-10-33-76(72)80(78)70-29-15-28-66(50-70)65-27-14-26-64(49-65)62-24-12-21-59(47-62)54-18-5-2-6-19-54/h1-52H. The monoisotopic (exact) mass is 1020 g/mol. The third-order valence-corrected chi connectivity index (χ3v) is 16.1. The number of para-hydroxylation sites is 2. The Labute approximate surface area is 466 Å². The van der Waals surface area contributed by atoms with Gasteiger partial charge in [0.25, 0.3) is 0 Å². The van der Waals surface area contributed by atoms with E-state index in [1.54, 1.807) is 0 Å². The molecule has 13 aromatic carbocycles. The first-order chi connectivity index (χ1) is 39.6. The number of aromatic nitrogens is 2. The minimum atomic E-state index is 1.14. The van der Waals surface area contributed by atoms with Gasteiger partial charge in [-0.2, -0.15) is 0 Å². The highest BCUT2D eigenvalue weighted by molar-refractivity contribution is 6.13. The molecule has 0 atom stereocenters. The molecular formula is C78H52N2. The first-order valence-corrected chi connectivity index (χ1v) is 27.5. The summed E-state index contributed by atoms with van der Waals surface area (Å²) in [4.78, 5) is 0. The molecule has 2 aromatic heterocycles. The molecular weight excluding hydrogens is 965 g/mol. The number of hydrogen-bond acceptors (Lipinski definition) is 0. The first kappa shape index (κ1) is 46.7. The van der Waals surface area contributed by atoms with E-state index in [1.807, 2.05) is 0 Å². The maximum absolute atomic E-state index is 2.43. The second-order valence-corrected chi connectivity index (χ2v) is 20.9. The molecule has 0 bridgehead atoms. The molecule has 80 heavy (non-hydrogen) atoms. The summed E-state index contributed by atoms with van der Waals surface area (Å²) in [6.07, 6.45) is 0. The third kappa shape index (κ3) is 8.48. The van der Waals surface area contributed by atoms with Crippen molar-refractivity contribution in [3.63, 3.8) is 0 Å². The number of rotatable bonds is 10. The van der Waals surface area contributed by atoms with E-state index in [2.05, 4.69) is 325 Å². The molecule has 0 saturated carbocycles. The van der Waals surface area contributed by atoms with E-state index >= 15 is 0 Å². The average Bonchev–Trinajstić information content (AvgIpc) is 4.17. The fraction of sp³-hybridized carbons (Fsp3) is 0. The Morgan fingerprint density at radius 3 is 0.825 bits per heavy atom. The molecule has 0 aliphatic rings. The van der Waals surface area contributed by atoms with E-state index in [9.17, 15) is 0 Å². The summed E-state index contributed by atoms with van der Waals surface area (Å²) < 4.78 is 4.84. The van der Waals surface area contributed by atoms with Crippen molar-refractivity contribution in [2.24, 2.45) is 0 Å². The van der Waals surface area contributed by atoms with Gasteiger partial charge in [-0.3, -0.25) is 0 Å². The van der Waals surface area contributed by atoms with Gasteiger partial charge >= 0.3 is 0 Å². The van der Waals surface area contributed by atoms with Gasteiger partial charge in [-0.15, -0.1) is 0 Å². The summed E-state index contributed by atoms with van der Waals surface area (Å²) in [5.74, 6) is 0. The largest absolute Gasteiger partial charge is 0.309 e. The van der Waals surface area contributed by atoms with E-state index in [0.29, 0.717) is 0 Å². The highest BCUT2D eigenvalue weighted by Gasteiger charge is 2.18. The molecule has 2 heterocycles. The van der Waals surface area contributed by atoms with Crippen molar-refractivity contribution in [1.29, 1.82) is 0 Å². The highest BCUT2D eigenvalue weighted by atomic mass is 15.0. The van der Waals surface area contributed by atoms with Gasteiger partial charge in [0.15, 0.2) is 0 Å². The molecule has 0 saturated heterocycles. The summed E-state index contributed by atoms with van der Waals surface area (Å²) in [6.45, 7) is 0. The number of fused-ring (bicyclic) bond motifs is 6. The van der Waals surface area contributed by atoms with Crippen LogP contribution in [0.3, 0.4) is 0 Å². The Kier molecular flexibility index (Phi) is 11.6. The first-order valence-electron chi connectivity index (χ1n) is 27.5. The molecule has 2 heteroatoms. The zero-order valence-electron chi connectivity index (χ0n) is 43.9. The van der Waals surface area contributed by atoms with Crippen LogP contribution in [0.4, 0.5) is 0 Å². The summed E-state index contributed by atoms with van der Waals surface area (Å²) in [5, 5.41) is 4.94. The molecule has 2 nitrogen and oxygen atoms in total. The van der Waals surface area contributed by atoms with Gasteiger partial charge in [0, 0.05) is 32.9 Å². The maximum Gasteiger partial charge on any atom is 0.0541 e. The van der Waals surface area contributed by atoms with Crippen LogP contribution in [0.1, 0.15) is 0 Å². The molecule has 0 fully saturated rings. The molecule has 0 radical (unpaired) electrons. The van der Waals surface area contributed by atoms with Crippen LogP contribution in [-0.4, -0.2) is 9.13 Å². The lowest BCUT2D eigenvalue weighted by Gasteiger charge is -2.12. The lowest BCUT2D eigenvalue weighted by Crippen LogP contribution is -1.94. The van der Waals surface area contributed by atoms with Crippen LogP contribution in [0.5, 0.6) is 0 Å². The second kappa shape index (κ2) is 19.8. The van der Waals surface area contributed by atoms with E-state index in [4.69, 9.17) is 0 Å². The van der Waals surface area contributed by atoms with Gasteiger partial charge < -0.3 is 9.13 Å². The lowest BCUT2D eigenvalue weighted by atomic mass is 9.95. The average molecular weight is 1020 g/mol. The van der Waals surface area contributed by atoms with Crippen molar-refractivity contribution in [2.45, 2.75) is 0 Å². The fourth-order valence-corrected chi connectivity index (χ4v) is 12.1. The second-order valence-electron chi connectivity index (χ2n) is 20.9. The van der Waals surface area contributed by atoms with E-state index in [-0.39, 0.29) is 0 Å². The Bertz CT molecular complexity index is 4790. The van der Waals surface area contributed by atoms with Gasteiger partial charge in [0.1, 0.15) is 0 Å². The Morgan fingerprint density at radius 1 is 0.138 bits per heavy atom. The molecule has 15 rings (SSSR count). The highest BCUT2D eigenvalue weighted by Crippen LogP contribution is 2.40. The SMILES string of the molecule is c1ccc(-c2cccc(-c3cccc(-c4ccc(-c5ccc(-n6c7ccccc7c7cc(-c8ccc9c(c8)c8ccccc8n9-c8cccc(-c9cccc(-c%10cccc(-c%11ccccc%11)c%10)c9)c8)ccc76)cc5)cc4)c3)c2)cc1. The third-order valence-electron chi connectivity index (χ3n) is 16.1. The molecule has 15 aromatic rings. The molecule has 374 valence electrons. The normalized spacial score (nSPS) is 11.5. The summed E-state index contributed by atoms with van der Waals surface area (Å²) in [5.41, 5.74) is 26.3. The van der Waals surface area contributed by atoms with E-state index in [0.717, 1.165) is 11.4 Å². The minimum Gasteiger partial charge on any atom is -0.309 e. The Balaban J connectivity index is 0.717. The maximum atomic E-state index is 2.43. The van der Waals surface area contributed by atoms with Crippen molar-refractivity contribution in [3.05, 3.63) is 315 Å². The number of nitrogens with zero attached hydrogens (tertiary/aromatic N) is 2. The van der Waals surface area contributed by atoms with Crippen LogP contribution < -0.4 is 0 Å². The van der Waals surface area contributed by atoms with Crippen LogP contribution in [0.15, 0.2) is 315 Å². The van der Waals surface area contributed by atoms with Crippen LogP contribution in [0.2, 0.25) is 0 Å². The molecule has 0 N–H and O–H groups in total. The predicted octanol–water partition coefficient (Wildman–Crippen LogP) is 21.2. The molecule has 0 spiro atoms. The zero-order valence-corrected chi connectivity index (χ0v) is 43.9. The lowest BCUT2D eigenvalue weighted by molar-refractivity contribution is 1.18. The van der Waals surface area contributed by atoms with E-state index < -0.39 is 0 Å². The van der Waals surface area contributed by atoms with Crippen molar-refractivity contribution in [3.8, 4) is 100 Å². The summed E-state index contributed by atoms with van der Waals surface area (Å²) >= 11 is 0. The van der Waals surface area contributed by atoms with Gasteiger partial charge in [0.2, 0.25) is 0 Å². The van der Waals surface area contributed by atoms with Gasteiger partial charge in [0.05, 0.1) is 22.1 Å². The van der Waals surface area contributed by atoms with E-state index in [1.165, 1.54) is 133 Å². The van der Waals surface area contributed by atoms with Crippen molar-refractivity contribution in [1.82, 2.24) is 9.13 Å². The van der Waals surface area contributed by atoms with Crippen molar-refractivity contribution >= 4 is 43.6 Å². The fourth-order valence-electron chi connectivity index (χ4n) is 12.1. The molecule has 0 amide bonds. The minimum absolute atomic E-state index is 1.14. The number of hydrogen-bond donors (Lipinski definition) is 0. The van der Waals surface area contributed by atoms with Crippen LogP contribution in [0.25, 0.3) is 144 Å². The van der Waals surface area contributed by atoms with Gasteiger partial charge in [-0.05, 0) is 174 Å². The zero-order chi connectivity index (χ0) is 52.9. The van der Waals surface area contributed by atoms with Crippen molar-refractivity contribution in [2.75, 3.05) is 0 Å². The predicted molar refractivity (Wildman–Crippen MR) is 339 cm³/mol. The summed E-state index contributed by atoms with van der Waals surface area (Å²) in [7, 11) is 0. The van der Waals surface area contributed by atoms with Crippen molar-refractivity contribution < 1.29 is 0 Å². The quantitative estimate of drug-likeness (QED) is 0.129. The smallest absolute Gasteiger partial charge is 0.0541 e. The topological polar surface area (TPSA) is 9.86 Å². The number of benzene rings is 13. The van der Waals surface area contributed by atoms with Crippen LogP contribution in [-0.2, 0) is 0 Å². The van der Waals surface area contributed by atoms with Gasteiger partial charge in [-0.25, -0.2) is 0 Å².